The molecule has 2 heterocycles. The molecule has 1 atom stereocenters. The summed E-state index contributed by atoms with van der Waals surface area (Å²) in [6, 6.07) is 14.3. The Labute approximate surface area is 160 Å². The van der Waals surface area contributed by atoms with Gasteiger partial charge in [0, 0.05) is 38.4 Å². The summed E-state index contributed by atoms with van der Waals surface area (Å²) in [4.78, 5) is 4.73. The van der Waals surface area contributed by atoms with Gasteiger partial charge in [-0.05, 0) is 48.4 Å². The lowest BCUT2D eigenvalue weighted by Crippen LogP contribution is -2.47. The molecule has 5 nitrogen and oxygen atoms in total. The standard InChI is InChI=1S/C22H26N2O3/c1-17-4-2-5-19(14-17)24-10-8-23(9-11-24)16-20(25)18-6-7-21-22(15-18)27-13-3-12-26-21/h2-7,13-15,20,25H,8-12,16H2,1H3. The van der Waals surface area contributed by atoms with Gasteiger partial charge in [0.2, 0.25) is 0 Å². The summed E-state index contributed by atoms with van der Waals surface area (Å²) in [5.41, 5.74) is 3.43. The molecule has 4 rings (SSSR count). The second-order valence-corrected chi connectivity index (χ2v) is 7.15. The van der Waals surface area contributed by atoms with Gasteiger partial charge in [0.05, 0.1) is 12.4 Å². The van der Waals surface area contributed by atoms with Crippen molar-refractivity contribution in [2.24, 2.45) is 0 Å². The fraction of sp³-hybridized carbons (Fsp3) is 0.364. The van der Waals surface area contributed by atoms with Gasteiger partial charge in [-0.3, -0.25) is 4.90 Å². The number of anilines is 1. The molecule has 0 spiro atoms. The number of β-amino-alcohol motifs (C(OH)–C–C–N with tert-alkyl or cyclic N) is 1. The zero-order chi connectivity index (χ0) is 18.6. The second kappa shape index (κ2) is 8.03. The van der Waals surface area contributed by atoms with E-state index in [-0.39, 0.29) is 0 Å². The van der Waals surface area contributed by atoms with Crippen LogP contribution in [-0.2, 0) is 0 Å². The normalized spacial score (nSPS) is 18.2. The number of nitrogens with zero attached hydrogens (tertiary/aromatic N) is 2. The molecule has 0 aromatic heterocycles. The summed E-state index contributed by atoms with van der Waals surface area (Å²) >= 11 is 0. The minimum absolute atomic E-state index is 0.500. The van der Waals surface area contributed by atoms with Crippen molar-refractivity contribution in [3.05, 3.63) is 65.9 Å². The fourth-order valence-corrected chi connectivity index (χ4v) is 3.61. The maximum Gasteiger partial charge on any atom is 0.168 e. The SMILES string of the molecule is Cc1cccc(N2CCN(CC(O)c3ccc4c(c3)OC=CCO4)CC2)c1. The van der Waals surface area contributed by atoms with Gasteiger partial charge >= 0.3 is 0 Å². The van der Waals surface area contributed by atoms with E-state index < -0.39 is 6.10 Å². The Morgan fingerprint density at radius 3 is 2.70 bits per heavy atom. The maximum atomic E-state index is 10.7. The molecule has 1 unspecified atom stereocenters. The van der Waals surface area contributed by atoms with Crippen LogP contribution in [0.4, 0.5) is 5.69 Å². The molecule has 1 saturated heterocycles. The third-order valence-electron chi connectivity index (χ3n) is 5.15. The molecule has 2 aliphatic rings. The van der Waals surface area contributed by atoms with Crippen LogP contribution in [0.2, 0.25) is 0 Å². The number of hydrogen-bond acceptors (Lipinski definition) is 5. The van der Waals surface area contributed by atoms with Crippen LogP contribution in [-0.4, -0.2) is 49.3 Å². The van der Waals surface area contributed by atoms with Crippen LogP contribution in [0, 0.1) is 6.92 Å². The van der Waals surface area contributed by atoms with Crippen molar-refractivity contribution in [3.8, 4) is 11.5 Å². The molecule has 2 aliphatic heterocycles. The van der Waals surface area contributed by atoms with Crippen LogP contribution in [0.15, 0.2) is 54.8 Å². The molecule has 0 bridgehead atoms. The van der Waals surface area contributed by atoms with Crippen molar-refractivity contribution in [2.75, 3.05) is 44.2 Å². The average molecular weight is 366 g/mol. The Morgan fingerprint density at radius 1 is 1.04 bits per heavy atom. The molecule has 0 aliphatic carbocycles. The highest BCUT2D eigenvalue weighted by molar-refractivity contribution is 5.49. The number of piperazine rings is 1. The molecule has 0 saturated carbocycles. The molecule has 27 heavy (non-hydrogen) atoms. The molecular formula is C22H26N2O3. The molecule has 2 aromatic carbocycles. The molecule has 5 heteroatoms. The van der Waals surface area contributed by atoms with E-state index >= 15 is 0 Å². The van der Waals surface area contributed by atoms with Gasteiger partial charge in [0.25, 0.3) is 0 Å². The molecule has 142 valence electrons. The number of aliphatic hydroxyl groups is 1. The first-order valence-electron chi connectivity index (χ1n) is 9.49. The van der Waals surface area contributed by atoms with Gasteiger partial charge in [-0.25, -0.2) is 0 Å². The van der Waals surface area contributed by atoms with Crippen molar-refractivity contribution < 1.29 is 14.6 Å². The number of aliphatic hydroxyl groups excluding tert-OH is 1. The molecule has 1 N–H and O–H groups in total. The van der Waals surface area contributed by atoms with Crippen molar-refractivity contribution >= 4 is 5.69 Å². The predicted molar refractivity (Wildman–Crippen MR) is 106 cm³/mol. The van der Waals surface area contributed by atoms with Crippen LogP contribution in [0.1, 0.15) is 17.2 Å². The number of fused-ring (bicyclic) bond motifs is 1. The van der Waals surface area contributed by atoms with E-state index in [1.807, 2.05) is 24.3 Å². The largest absolute Gasteiger partial charge is 0.485 e. The zero-order valence-corrected chi connectivity index (χ0v) is 15.7. The van der Waals surface area contributed by atoms with E-state index in [1.54, 1.807) is 6.26 Å². The summed E-state index contributed by atoms with van der Waals surface area (Å²) in [5, 5.41) is 10.7. The minimum Gasteiger partial charge on any atom is -0.485 e. The van der Waals surface area contributed by atoms with Crippen LogP contribution >= 0.6 is 0 Å². The molecule has 0 amide bonds. The average Bonchev–Trinajstić information content (AvgIpc) is 2.93. The lowest BCUT2D eigenvalue weighted by Gasteiger charge is -2.37. The number of rotatable bonds is 4. The van der Waals surface area contributed by atoms with E-state index in [9.17, 15) is 5.11 Å². The quantitative estimate of drug-likeness (QED) is 0.901. The topological polar surface area (TPSA) is 45.2 Å². The monoisotopic (exact) mass is 366 g/mol. The number of hydrogen-bond donors (Lipinski definition) is 1. The fourth-order valence-electron chi connectivity index (χ4n) is 3.61. The van der Waals surface area contributed by atoms with Crippen LogP contribution < -0.4 is 14.4 Å². The van der Waals surface area contributed by atoms with E-state index in [1.165, 1.54) is 11.3 Å². The summed E-state index contributed by atoms with van der Waals surface area (Å²) in [6.07, 6.45) is 2.91. The van der Waals surface area contributed by atoms with Crippen LogP contribution in [0.3, 0.4) is 0 Å². The van der Waals surface area contributed by atoms with Gasteiger partial charge in [-0.15, -0.1) is 0 Å². The van der Waals surface area contributed by atoms with E-state index in [0.717, 1.165) is 31.7 Å². The van der Waals surface area contributed by atoms with Gasteiger partial charge < -0.3 is 19.5 Å². The summed E-state index contributed by atoms with van der Waals surface area (Å²) in [6.45, 7) is 7.08. The second-order valence-electron chi connectivity index (χ2n) is 7.15. The van der Waals surface area contributed by atoms with E-state index in [4.69, 9.17) is 9.47 Å². The van der Waals surface area contributed by atoms with Crippen molar-refractivity contribution in [3.63, 3.8) is 0 Å². The lowest BCUT2D eigenvalue weighted by molar-refractivity contribution is 0.109. The first kappa shape index (κ1) is 17.9. The van der Waals surface area contributed by atoms with E-state index in [2.05, 4.69) is 41.0 Å². The van der Waals surface area contributed by atoms with Gasteiger partial charge in [0.1, 0.15) is 6.61 Å². The van der Waals surface area contributed by atoms with Crippen LogP contribution in [0.5, 0.6) is 11.5 Å². The number of benzene rings is 2. The highest BCUT2D eigenvalue weighted by Crippen LogP contribution is 2.32. The summed E-state index contributed by atoms with van der Waals surface area (Å²) < 4.78 is 11.2. The van der Waals surface area contributed by atoms with Gasteiger partial charge in [-0.1, -0.05) is 18.2 Å². The predicted octanol–water partition coefficient (Wildman–Crippen LogP) is 3.14. The minimum atomic E-state index is -0.545. The number of aryl methyl sites for hydroxylation is 1. The van der Waals surface area contributed by atoms with Crippen molar-refractivity contribution in [1.82, 2.24) is 4.90 Å². The Kier molecular flexibility index (Phi) is 5.32. The Morgan fingerprint density at radius 2 is 1.89 bits per heavy atom. The summed E-state index contributed by atoms with van der Waals surface area (Å²) in [7, 11) is 0. The Hall–Kier alpha value is -2.50. The smallest absolute Gasteiger partial charge is 0.168 e. The van der Waals surface area contributed by atoms with Crippen LogP contribution in [0.25, 0.3) is 0 Å². The number of ether oxygens (including phenoxy) is 2. The molecule has 1 fully saturated rings. The highest BCUT2D eigenvalue weighted by Gasteiger charge is 2.21. The van der Waals surface area contributed by atoms with Gasteiger partial charge in [-0.2, -0.15) is 0 Å². The third kappa shape index (κ3) is 4.26. The summed E-state index contributed by atoms with van der Waals surface area (Å²) in [5.74, 6) is 1.37. The first-order valence-corrected chi connectivity index (χ1v) is 9.49. The zero-order valence-electron chi connectivity index (χ0n) is 15.7. The Bertz CT molecular complexity index is 813. The molecular weight excluding hydrogens is 340 g/mol. The molecule has 0 radical (unpaired) electrons. The molecule has 2 aromatic rings. The highest BCUT2D eigenvalue weighted by atomic mass is 16.5. The van der Waals surface area contributed by atoms with Crippen molar-refractivity contribution in [2.45, 2.75) is 13.0 Å². The third-order valence-corrected chi connectivity index (χ3v) is 5.15. The first-order chi connectivity index (χ1) is 13.2. The van der Waals surface area contributed by atoms with Gasteiger partial charge in [0.15, 0.2) is 11.5 Å². The maximum absolute atomic E-state index is 10.7. The lowest BCUT2D eigenvalue weighted by atomic mass is 10.1. The Balaban J connectivity index is 1.35. The van der Waals surface area contributed by atoms with Crippen molar-refractivity contribution in [1.29, 1.82) is 0 Å². The van der Waals surface area contributed by atoms with E-state index in [0.29, 0.717) is 24.7 Å².